The zero-order valence-electron chi connectivity index (χ0n) is 17.0. The molecule has 7 nitrogen and oxygen atoms in total. The molecule has 30 heavy (non-hydrogen) atoms. The third kappa shape index (κ3) is 4.86. The van der Waals surface area contributed by atoms with Gasteiger partial charge in [-0.1, -0.05) is 41.9 Å². The molecule has 7 heteroatoms. The van der Waals surface area contributed by atoms with Gasteiger partial charge in [0.15, 0.2) is 0 Å². The van der Waals surface area contributed by atoms with Crippen LogP contribution in [-0.2, 0) is 0 Å². The molecular formula is C23H24N4O3. The Morgan fingerprint density at radius 2 is 2.20 bits per heavy atom. The molecular weight excluding hydrogens is 380 g/mol. The summed E-state index contributed by atoms with van der Waals surface area (Å²) in [6, 6.07) is 11.7. The summed E-state index contributed by atoms with van der Waals surface area (Å²) in [7, 11) is 0. The number of rotatable bonds is 4. The van der Waals surface area contributed by atoms with E-state index in [1.165, 1.54) is 18.0 Å². The molecule has 0 bridgehead atoms. The number of aromatic nitrogens is 2. The number of amides is 2. The third-order valence-corrected chi connectivity index (χ3v) is 5.09. The number of urea groups is 1. The molecule has 3 heterocycles. The van der Waals surface area contributed by atoms with Crippen molar-refractivity contribution < 1.29 is 14.1 Å². The van der Waals surface area contributed by atoms with Gasteiger partial charge in [0.2, 0.25) is 5.88 Å². The van der Waals surface area contributed by atoms with E-state index in [2.05, 4.69) is 34.5 Å². The van der Waals surface area contributed by atoms with E-state index in [-0.39, 0.29) is 11.9 Å². The number of carbonyl (C=O) groups excluding carboxylic acids is 1. The minimum atomic E-state index is -0.134. The maximum atomic E-state index is 12.4. The molecule has 1 aliphatic rings. The maximum absolute atomic E-state index is 12.4. The second-order valence-corrected chi connectivity index (χ2v) is 7.51. The zero-order chi connectivity index (χ0) is 20.9. The van der Waals surface area contributed by atoms with Crippen molar-refractivity contribution in [2.24, 2.45) is 5.92 Å². The lowest BCUT2D eigenvalue weighted by atomic mass is 9.91. The lowest BCUT2D eigenvalue weighted by Gasteiger charge is -2.33. The van der Waals surface area contributed by atoms with Crippen LogP contribution >= 0.6 is 0 Å². The van der Waals surface area contributed by atoms with Gasteiger partial charge in [0.1, 0.15) is 17.7 Å². The van der Waals surface area contributed by atoms with Gasteiger partial charge in [-0.05, 0) is 42.5 Å². The van der Waals surface area contributed by atoms with E-state index >= 15 is 0 Å². The molecule has 0 aliphatic carbocycles. The molecule has 2 amide bonds. The summed E-state index contributed by atoms with van der Waals surface area (Å²) in [5, 5.41) is 6.40. The first-order valence-electron chi connectivity index (χ1n) is 9.93. The van der Waals surface area contributed by atoms with Gasteiger partial charge >= 0.3 is 6.03 Å². The van der Waals surface area contributed by atoms with Gasteiger partial charge in [-0.2, -0.15) is 0 Å². The summed E-state index contributed by atoms with van der Waals surface area (Å²) >= 11 is 0. The fourth-order valence-electron chi connectivity index (χ4n) is 3.43. The summed E-state index contributed by atoms with van der Waals surface area (Å²) in [4.78, 5) is 18.5. The Morgan fingerprint density at radius 3 is 2.93 bits per heavy atom. The van der Waals surface area contributed by atoms with Crippen molar-refractivity contribution in [2.45, 2.75) is 20.3 Å². The highest BCUT2D eigenvalue weighted by Gasteiger charge is 2.24. The van der Waals surface area contributed by atoms with Gasteiger partial charge in [0.25, 0.3) is 0 Å². The van der Waals surface area contributed by atoms with E-state index < -0.39 is 0 Å². The molecule has 1 N–H and O–H groups in total. The highest BCUT2D eigenvalue weighted by Crippen LogP contribution is 2.27. The largest absolute Gasteiger partial charge is 0.439 e. The number of nitrogens with one attached hydrogen (secondary N) is 1. The molecule has 1 atom stereocenters. The molecule has 1 unspecified atom stereocenters. The number of benzene rings is 1. The number of aryl methyl sites for hydroxylation is 1. The predicted molar refractivity (Wildman–Crippen MR) is 114 cm³/mol. The average Bonchev–Trinajstić information content (AvgIpc) is 3.24. The number of hydrogen-bond donors (Lipinski definition) is 1. The number of carbonyl (C=O) groups is 1. The Kier molecular flexibility index (Phi) is 5.79. The van der Waals surface area contributed by atoms with Crippen molar-refractivity contribution >= 4 is 17.8 Å². The normalized spacial score (nSPS) is 17.7. The van der Waals surface area contributed by atoms with Gasteiger partial charge in [0.05, 0.1) is 6.20 Å². The first-order valence-corrected chi connectivity index (χ1v) is 9.93. The fraction of sp³-hybridized carbons (Fsp3) is 0.261. The van der Waals surface area contributed by atoms with Crippen LogP contribution in [0.2, 0.25) is 0 Å². The van der Waals surface area contributed by atoms with Crippen LogP contribution < -0.4 is 10.1 Å². The van der Waals surface area contributed by atoms with E-state index in [1.54, 1.807) is 6.20 Å². The van der Waals surface area contributed by atoms with E-state index in [9.17, 15) is 4.79 Å². The van der Waals surface area contributed by atoms with E-state index in [0.717, 1.165) is 23.3 Å². The lowest BCUT2D eigenvalue weighted by Crippen LogP contribution is -2.42. The minimum absolute atomic E-state index is 0.134. The van der Waals surface area contributed by atoms with Gasteiger partial charge < -0.3 is 19.5 Å². The summed E-state index contributed by atoms with van der Waals surface area (Å²) < 4.78 is 10.6. The quantitative estimate of drug-likeness (QED) is 0.652. The van der Waals surface area contributed by atoms with Crippen molar-refractivity contribution in [2.75, 3.05) is 18.4 Å². The highest BCUT2D eigenvalue weighted by molar-refractivity contribution is 5.89. The number of hydrogen-bond acceptors (Lipinski definition) is 5. The summed E-state index contributed by atoms with van der Waals surface area (Å²) in [5.41, 5.74) is 4.05. The molecule has 0 radical (unpaired) electrons. The molecule has 154 valence electrons. The standard InChI is InChI=1S/C23H24N4O3/c1-16-6-7-22(24-12-16)30-21-5-3-4-18(11-21)10-19-8-9-27(14-17(19)2)23(28)26-20-13-25-29-15-20/h3-7,10-13,15,17H,8-9,14H2,1-2H3,(H,26,28)/b19-10+. The van der Waals surface area contributed by atoms with Crippen LogP contribution in [0.25, 0.3) is 6.08 Å². The Bertz CT molecular complexity index is 1030. The molecule has 1 saturated heterocycles. The average molecular weight is 404 g/mol. The van der Waals surface area contributed by atoms with Gasteiger partial charge in [-0.25, -0.2) is 9.78 Å². The van der Waals surface area contributed by atoms with Crippen LogP contribution in [0.1, 0.15) is 24.5 Å². The number of anilines is 1. The van der Waals surface area contributed by atoms with Crippen LogP contribution in [0.4, 0.5) is 10.5 Å². The smallest absolute Gasteiger partial charge is 0.322 e. The second-order valence-electron chi connectivity index (χ2n) is 7.51. The van der Waals surface area contributed by atoms with E-state index in [0.29, 0.717) is 24.7 Å². The molecule has 0 saturated carbocycles. The SMILES string of the molecule is Cc1ccc(Oc2cccc(/C=C3\CCN(C(=O)Nc4cnoc4)CC3C)c2)nc1. The molecule has 3 aromatic rings. The van der Waals surface area contributed by atoms with Crippen molar-refractivity contribution in [3.8, 4) is 11.6 Å². The van der Waals surface area contributed by atoms with Gasteiger partial charge in [0, 0.05) is 25.4 Å². The number of piperidine rings is 1. The predicted octanol–water partition coefficient (Wildman–Crippen LogP) is 5.13. The third-order valence-electron chi connectivity index (χ3n) is 5.09. The number of nitrogens with zero attached hydrogens (tertiary/aromatic N) is 3. The Balaban J connectivity index is 1.40. The van der Waals surface area contributed by atoms with Crippen molar-refractivity contribution in [3.05, 3.63) is 71.8 Å². The number of pyridine rings is 1. The van der Waals surface area contributed by atoms with Crippen molar-refractivity contribution in [3.63, 3.8) is 0 Å². The van der Waals surface area contributed by atoms with Crippen molar-refractivity contribution in [1.29, 1.82) is 0 Å². The monoisotopic (exact) mass is 404 g/mol. The molecule has 1 aromatic carbocycles. The van der Waals surface area contributed by atoms with Crippen LogP contribution in [0.5, 0.6) is 11.6 Å². The van der Waals surface area contributed by atoms with Gasteiger partial charge in [-0.3, -0.25) is 0 Å². The maximum Gasteiger partial charge on any atom is 0.322 e. The second kappa shape index (κ2) is 8.82. The van der Waals surface area contributed by atoms with Crippen LogP contribution in [0.3, 0.4) is 0 Å². The van der Waals surface area contributed by atoms with Crippen LogP contribution in [0, 0.1) is 12.8 Å². The molecule has 2 aromatic heterocycles. The fourth-order valence-corrected chi connectivity index (χ4v) is 3.43. The zero-order valence-corrected chi connectivity index (χ0v) is 17.0. The van der Waals surface area contributed by atoms with Gasteiger partial charge in [-0.15, -0.1) is 0 Å². The Morgan fingerprint density at radius 1 is 1.30 bits per heavy atom. The topological polar surface area (TPSA) is 80.5 Å². The minimum Gasteiger partial charge on any atom is -0.439 e. The Labute approximate surface area is 175 Å². The summed E-state index contributed by atoms with van der Waals surface area (Å²) in [5.74, 6) is 1.58. The summed E-state index contributed by atoms with van der Waals surface area (Å²) in [6.07, 6.45) is 7.70. The number of likely N-dealkylation sites (tertiary alicyclic amines) is 1. The molecule has 0 spiro atoms. The van der Waals surface area contributed by atoms with E-state index in [4.69, 9.17) is 9.26 Å². The summed E-state index contributed by atoms with van der Waals surface area (Å²) in [6.45, 7) is 5.46. The first-order chi connectivity index (χ1) is 14.6. The molecule has 4 rings (SSSR count). The first kappa shape index (κ1) is 19.7. The van der Waals surface area contributed by atoms with Crippen LogP contribution in [0.15, 0.2) is 65.2 Å². The van der Waals surface area contributed by atoms with Crippen molar-refractivity contribution in [1.82, 2.24) is 15.0 Å². The molecule has 1 aliphatic heterocycles. The molecule has 1 fully saturated rings. The Hall–Kier alpha value is -3.61. The lowest BCUT2D eigenvalue weighted by molar-refractivity contribution is 0.198. The van der Waals surface area contributed by atoms with Crippen LogP contribution in [-0.4, -0.2) is 34.2 Å². The van der Waals surface area contributed by atoms with E-state index in [1.807, 2.05) is 42.2 Å². The number of ether oxygens (including phenoxy) is 1. The highest BCUT2D eigenvalue weighted by atomic mass is 16.5.